The lowest BCUT2D eigenvalue weighted by atomic mass is 9.90. The van der Waals surface area contributed by atoms with Crippen molar-refractivity contribution < 1.29 is 14.3 Å². The summed E-state index contributed by atoms with van der Waals surface area (Å²) in [6.45, 7) is 0. The second-order valence-electron chi connectivity index (χ2n) is 7.39. The lowest BCUT2D eigenvalue weighted by molar-refractivity contribution is 0.0926. The highest BCUT2D eigenvalue weighted by molar-refractivity contribution is 7.20. The maximum Gasteiger partial charge on any atom is 0.251 e. The molecular formula is C23H26N2O3S. The van der Waals surface area contributed by atoms with E-state index in [1.54, 1.807) is 37.7 Å². The first kappa shape index (κ1) is 19.6. The van der Waals surface area contributed by atoms with E-state index in [2.05, 4.69) is 34.9 Å². The van der Waals surface area contributed by atoms with Crippen LogP contribution in [0.4, 0.5) is 5.69 Å². The lowest BCUT2D eigenvalue weighted by Crippen LogP contribution is -2.41. The molecule has 2 aromatic carbocycles. The largest absolute Gasteiger partial charge is 0.497 e. The van der Waals surface area contributed by atoms with E-state index >= 15 is 0 Å². The van der Waals surface area contributed by atoms with E-state index in [1.807, 2.05) is 12.1 Å². The molecule has 2 N–H and O–H groups in total. The van der Waals surface area contributed by atoms with Crippen molar-refractivity contribution >= 4 is 33.0 Å². The number of hydrogen-bond acceptors (Lipinski definition) is 5. The molecule has 1 amide bonds. The number of carbonyl (C=O) groups excluding carboxylic acids is 1. The molecule has 1 saturated carbocycles. The summed E-state index contributed by atoms with van der Waals surface area (Å²) in [4.78, 5) is 12.6. The number of thiophene rings is 1. The first-order chi connectivity index (χ1) is 14.2. The van der Waals surface area contributed by atoms with Crippen molar-refractivity contribution in [1.29, 1.82) is 0 Å². The number of amides is 1. The zero-order valence-corrected chi connectivity index (χ0v) is 17.6. The molecule has 152 valence electrons. The lowest BCUT2D eigenvalue weighted by Gasteiger charge is -2.31. The third kappa shape index (κ3) is 4.48. The first-order valence-electron chi connectivity index (χ1n) is 9.94. The van der Waals surface area contributed by atoms with Gasteiger partial charge in [-0.05, 0) is 62.1 Å². The Morgan fingerprint density at radius 1 is 1.03 bits per heavy atom. The van der Waals surface area contributed by atoms with Crippen LogP contribution in [0, 0.1) is 0 Å². The van der Waals surface area contributed by atoms with E-state index in [-0.39, 0.29) is 11.9 Å². The van der Waals surface area contributed by atoms with Gasteiger partial charge in [-0.1, -0.05) is 17.4 Å². The summed E-state index contributed by atoms with van der Waals surface area (Å²) in [6.07, 6.45) is 4.12. The van der Waals surface area contributed by atoms with Crippen molar-refractivity contribution in [2.24, 2.45) is 0 Å². The number of rotatable bonds is 6. The van der Waals surface area contributed by atoms with Crippen molar-refractivity contribution in [3.8, 4) is 10.8 Å². The van der Waals surface area contributed by atoms with Crippen LogP contribution >= 0.6 is 11.3 Å². The van der Waals surface area contributed by atoms with Gasteiger partial charge in [0, 0.05) is 39.5 Å². The number of carbonyl (C=O) groups is 1. The SMILES string of the molecule is COc1ccc(C(=O)N[C@@H]2CCC[C@H](Nc3cccc4sc(OC)cc34)C2)cc1. The van der Waals surface area contributed by atoms with Gasteiger partial charge in [-0.25, -0.2) is 0 Å². The van der Waals surface area contributed by atoms with E-state index in [0.29, 0.717) is 11.6 Å². The molecule has 0 aliphatic heterocycles. The summed E-state index contributed by atoms with van der Waals surface area (Å²) in [5, 5.41) is 9.02. The number of hydrogen-bond donors (Lipinski definition) is 2. The van der Waals surface area contributed by atoms with Crippen molar-refractivity contribution in [1.82, 2.24) is 5.32 Å². The third-order valence-electron chi connectivity index (χ3n) is 5.46. The molecule has 5 nitrogen and oxygen atoms in total. The monoisotopic (exact) mass is 410 g/mol. The van der Waals surface area contributed by atoms with Crippen molar-refractivity contribution in [2.75, 3.05) is 19.5 Å². The third-order valence-corrected chi connectivity index (χ3v) is 6.52. The van der Waals surface area contributed by atoms with Crippen LogP contribution in [-0.4, -0.2) is 32.2 Å². The minimum atomic E-state index is -0.0250. The van der Waals surface area contributed by atoms with Crippen molar-refractivity contribution in [3.05, 3.63) is 54.1 Å². The number of methoxy groups -OCH3 is 2. The number of ether oxygens (including phenoxy) is 2. The second-order valence-corrected chi connectivity index (χ2v) is 8.44. The average molecular weight is 411 g/mol. The fourth-order valence-electron chi connectivity index (χ4n) is 3.95. The molecule has 0 spiro atoms. The molecule has 0 radical (unpaired) electrons. The van der Waals surface area contributed by atoms with Gasteiger partial charge in [0.2, 0.25) is 0 Å². The van der Waals surface area contributed by atoms with E-state index in [9.17, 15) is 4.79 Å². The average Bonchev–Trinajstić information content (AvgIpc) is 3.19. The van der Waals surface area contributed by atoms with Crippen molar-refractivity contribution in [3.63, 3.8) is 0 Å². The summed E-state index contributed by atoms with van der Waals surface area (Å²) in [7, 11) is 3.33. The second kappa shape index (κ2) is 8.74. The van der Waals surface area contributed by atoms with Crippen LogP contribution in [0.15, 0.2) is 48.5 Å². The van der Waals surface area contributed by atoms with E-state index < -0.39 is 0 Å². The maximum absolute atomic E-state index is 12.6. The minimum absolute atomic E-state index is 0.0250. The van der Waals surface area contributed by atoms with Gasteiger partial charge in [0.05, 0.1) is 14.2 Å². The number of anilines is 1. The number of benzene rings is 2. The topological polar surface area (TPSA) is 59.6 Å². The van der Waals surface area contributed by atoms with Gasteiger partial charge in [0.1, 0.15) is 5.75 Å². The Kier molecular flexibility index (Phi) is 5.90. The Morgan fingerprint density at radius 3 is 2.59 bits per heavy atom. The smallest absolute Gasteiger partial charge is 0.251 e. The molecule has 1 aromatic heterocycles. The zero-order chi connectivity index (χ0) is 20.2. The van der Waals surface area contributed by atoms with Gasteiger partial charge in [-0.3, -0.25) is 4.79 Å². The summed E-state index contributed by atoms with van der Waals surface area (Å²) in [6, 6.07) is 16.1. The Morgan fingerprint density at radius 2 is 1.83 bits per heavy atom. The highest BCUT2D eigenvalue weighted by Gasteiger charge is 2.24. The fourth-order valence-corrected chi connectivity index (χ4v) is 4.85. The zero-order valence-electron chi connectivity index (χ0n) is 16.7. The molecule has 0 saturated heterocycles. The molecule has 1 aliphatic rings. The highest BCUT2D eigenvalue weighted by atomic mass is 32.1. The summed E-state index contributed by atoms with van der Waals surface area (Å²) in [5.74, 6) is 0.727. The molecule has 3 aromatic rings. The highest BCUT2D eigenvalue weighted by Crippen LogP contribution is 2.36. The molecule has 29 heavy (non-hydrogen) atoms. The van der Waals surface area contributed by atoms with Crippen LogP contribution < -0.4 is 20.1 Å². The molecule has 6 heteroatoms. The van der Waals surface area contributed by atoms with Crippen molar-refractivity contribution in [2.45, 2.75) is 37.8 Å². The first-order valence-corrected chi connectivity index (χ1v) is 10.8. The van der Waals surface area contributed by atoms with Crippen LogP contribution in [0.2, 0.25) is 0 Å². The van der Waals surface area contributed by atoms with Gasteiger partial charge in [-0.15, -0.1) is 0 Å². The molecule has 4 rings (SSSR count). The molecule has 0 bridgehead atoms. The summed E-state index contributed by atoms with van der Waals surface area (Å²) < 4.78 is 11.8. The summed E-state index contributed by atoms with van der Waals surface area (Å²) in [5.41, 5.74) is 1.80. The van der Waals surface area contributed by atoms with Gasteiger partial charge in [0.25, 0.3) is 5.91 Å². The molecule has 1 heterocycles. The Hall–Kier alpha value is -2.73. The molecule has 1 aliphatic carbocycles. The standard InChI is InChI=1S/C23H26N2O3S/c1-27-18-11-9-15(10-12-18)23(26)25-17-6-3-5-16(13-17)24-20-7-4-8-21-19(20)14-22(28-2)29-21/h4,7-12,14,16-17,24H,3,5-6,13H2,1-2H3,(H,25,26)/t16-,17+/m0/s1. The van der Waals surface area contributed by atoms with Crippen LogP contribution in [0.3, 0.4) is 0 Å². The minimum Gasteiger partial charge on any atom is -0.497 e. The Bertz CT molecular complexity index is 983. The number of nitrogens with one attached hydrogen (secondary N) is 2. The van der Waals surface area contributed by atoms with Crippen LogP contribution in [-0.2, 0) is 0 Å². The number of fused-ring (bicyclic) bond motifs is 1. The van der Waals surface area contributed by atoms with E-state index in [1.165, 1.54) is 10.1 Å². The van der Waals surface area contributed by atoms with Gasteiger partial charge >= 0.3 is 0 Å². The van der Waals surface area contributed by atoms with Crippen LogP contribution in [0.25, 0.3) is 10.1 Å². The molecule has 1 fully saturated rings. The molecular weight excluding hydrogens is 384 g/mol. The van der Waals surface area contributed by atoms with Crippen LogP contribution in [0.1, 0.15) is 36.0 Å². The Balaban J connectivity index is 1.40. The van der Waals surface area contributed by atoms with Gasteiger partial charge in [0.15, 0.2) is 5.06 Å². The van der Waals surface area contributed by atoms with Gasteiger partial charge < -0.3 is 20.1 Å². The fraction of sp³-hybridized carbons (Fsp3) is 0.348. The van der Waals surface area contributed by atoms with Crippen LogP contribution in [0.5, 0.6) is 10.8 Å². The predicted molar refractivity (Wildman–Crippen MR) is 119 cm³/mol. The molecule has 2 atom stereocenters. The maximum atomic E-state index is 12.6. The Labute approximate surface area is 175 Å². The molecule has 0 unspecified atom stereocenters. The van der Waals surface area contributed by atoms with E-state index in [0.717, 1.165) is 42.2 Å². The predicted octanol–water partition coefficient (Wildman–Crippen LogP) is 5.07. The quantitative estimate of drug-likeness (QED) is 0.596. The normalized spacial score (nSPS) is 19.0. The van der Waals surface area contributed by atoms with Gasteiger partial charge in [-0.2, -0.15) is 0 Å². The summed E-state index contributed by atoms with van der Waals surface area (Å²) >= 11 is 1.65. The van der Waals surface area contributed by atoms with E-state index in [4.69, 9.17) is 9.47 Å².